The van der Waals surface area contributed by atoms with E-state index in [-0.39, 0.29) is 0 Å². The quantitative estimate of drug-likeness (QED) is 0.732. The minimum atomic E-state index is 0.403. The Labute approximate surface area is 179 Å². The van der Waals surface area contributed by atoms with Crippen molar-refractivity contribution in [2.45, 2.75) is 69.9 Å². The van der Waals surface area contributed by atoms with E-state index in [9.17, 15) is 0 Å². The zero-order valence-electron chi connectivity index (χ0n) is 17.7. The van der Waals surface area contributed by atoms with Gasteiger partial charge in [0, 0.05) is 37.3 Å². The molecular weight excluding hydrogens is 376 g/mol. The molecular formula is C24H36N4S. The molecule has 3 heterocycles. The fourth-order valence-corrected chi connectivity index (χ4v) is 6.64. The molecule has 2 aromatic rings. The second-order valence-corrected chi connectivity index (χ2v) is 10.4. The monoisotopic (exact) mass is 412 g/mol. The Morgan fingerprint density at radius 3 is 2.48 bits per heavy atom. The Hall–Kier alpha value is -1.04. The van der Waals surface area contributed by atoms with Crippen molar-refractivity contribution in [3.63, 3.8) is 0 Å². The summed E-state index contributed by atoms with van der Waals surface area (Å²) in [4.78, 5) is 7.84. The number of nitrogens with zero attached hydrogens (tertiary/aromatic N) is 3. The van der Waals surface area contributed by atoms with Gasteiger partial charge in [-0.25, -0.2) is 4.98 Å². The zero-order chi connectivity index (χ0) is 19.5. The fourth-order valence-electron chi connectivity index (χ4n) is 5.70. The lowest BCUT2D eigenvalue weighted by molar-refractivity contribution is 0.151. The second kappa shape index (κ2) is 9.40. The number of hydrogen-bond donors (Lipinski definition) is 1. The standard InChI is InChI=1S/C24H36N4S/c1-2-4-8-19(9-5-3-1)16-27-14-12-20(13-15-27)28-23-11-7-6-10-21(23)26-24(28)22-17-29-18-25-22/h6-7,10-11,19-20,22,25H,1-5,8-9,12-18H2/t22-/m0/s1. The minimum Gasteiger partial charge on any atom is -0.323 e. The maximum absolute atomic E-state index is 5.08. The van der Waals surface area contributed by atoms with Crippen LogP contribution >= 0.6 is 11.8 Å². The summed E-state index contributed by atoms with van der Waals surface area (Å²) in [6, 6.07) is 9.75. The van der Waals surface area contributed by atoms with Crippen LogP contribution in [0.1, 0.15) is 75.7 Å². The summed E-state index contributed by atoms with van der Waals surface area (Å²) in [6.07, 6.45) is 12.7. The number of thioether (sulfide) groups is 1. The Morgan fingerprint density at radius 1 is 0.966 bits per heavy atom. The molecule has 2 aliphatic heterocycles. The third-order valence-corrected chi connectivity index (χ3v) is 8.25. The molecule has 1 N–H and O–H groups in total. The van der Waals surface area contributed by atoms with Gasteiger partial charge >= 0.3 is 0 Å². The summed E-state index contributed by atoms with van der Waals surface area (Å²) in [5.41, 5.74) is 2.50. The van der Waals surface area contributed by atoms with E-state index >= 15 is 0 Å². The Morgan fingerprint density at radius 2 is 1.72 bits per heavy atom. The number of likely N-dealkylation sites (tertiary alicyclic amines) is 1. The number of rotatable bonds is 4. The van der Waals surface area contributed by atoms with Crippen LogP contribution in [0.3, 0.4) is 0 Å². The van der Waals surface area contributed by atoms with E-state index in [1.165, 1.54) is 88.8 Å². The van der Waals surface area contributed by atoms with Gasteiger partial charge in [0.1, 0.15) is 5.82 Å². The van der Waals surface area contributed by atoms with Crippen molar-refractivity contribution in [3.05, 3.63) is 30.1 Å². The normalized spacial score (nSPS) is 26.0. The van der Waals surface area contributed by atoms with Crippen LogP contribution < -0.4 is 5.32 Å². The third kappa shape index (κ3) is 4.52. The van der Waals surface area contributed by atoms with E-state index in [0.29, 0.717) is 12.1 Å². The number of hydrogen-bond acceptors (Lipinski definition) is 4. The summed E-state index contributed by atoms with van der Waals surface area (Å²) in [6.45, 7) is 3.84. The molecule has 1 saturated carbocycles. The predicted molar refractivity (Wildman–Crippen MR) is 123 cm³/mol. The number of nitrogens with one attached hydrogen (secondary N) is 1. The molecule has 3 aliphatic rings. The molecule has 2 saturated heterocycles. The second-order valence-electron chi connectivity index (χ2n) is 9.34. The first-order valence-corrected chi connectivity index (χ1v) is 13.0. The summed E-state index contributed by atoms with van der Waals surface area (Å²) in [5.74, 6) is 4.41. The zero-order valence-corrected chi connectivity index (χ0v) is 18.5. The molecule has 0 amide bonds. The largest absolute Gasteiger partial charge is 0.323 e. The van der Waals surface area contributed by atoms with Crippen LogP contribution in [0.15, 0.2) is 24.3 Å². The van der Waals surface area contributed by atoms with Gasteiger partial charge in [0.2, 0.25) is 0 Å². The maximum Gasteiger partial charge on any atom is 0.128 e. The van der Waals surface area contributed by atoms with Crippen molar-refractivity contribution in [2.24, 2.45) is 5.92 Å². The van der Waals surface area contributed by atoms with E-state index < -0.39 is 0 Å². The van der Waals surface area contributed by atoms with Crippen molar-refractivity contribution in [2.75, 3.05) is 31.3 Å². The maximum atomic E-state index is 5.08. The lowest BCUT2D eigenvalue weighted by Gasteiger charge is -2.36. The first kappa shape index (κ1) is 19.9. The number of piperidine rings is 1. The Kier molecular flexibility index (Phi) is 6.45. The van der Waals surface area contributed by atoms with Crippen LogP contribution in [0.2, 0.25) is 0 Å². The number of aromatic nitrogens is 2. The molecule has 158 valence electrons. The summed E-state index contributed by atoms with van der Waals surface area (Å²) in [5, 5.41) is 3.66. The highest BCUT2D eigenvalue weighted by Gasteiger charge is 2.29. The average Bonchev–Trinajstić information content (AvgIpc) is 3.38. The Balaban J connectivity index is 1.28. The van der Waals surface area contributed by atoms with Crippen LogP contribution in [0, 0.1) is 5.92 Å². The van der Waals surface area contributed by atoms with E-state index in [1.807, 2.05) is 11.8 Å². The number of fused-ring (bicyclic) bond motifs is 1. The van der Waals surface area contributed by atoms with Crippen molar-refractivity contribution >= 4 is 22.8 Å². The van der Waals surface area contributed by atoms with Gasteiger partial charge in [0.05, 0.1) is 17.1 Å². The highest BCUT2D eigenvalue weighted by molar-refractivity contribution is 7.99. The smallest absolute Gasteiger partial charge is 0.128 e. The first-order chi connectivity index (χ1) is 14.4. The molecule has 0 unspecified atom stereocenters. The van der Waals surface area contributed by atoms with Crippen LogP contribution in [0.5, 0.6) is 0 Å². The van der Waals surface area contributed by atoms with Crippen molar-refractivity contribution in [1.82, 2.24) is 19.8 Å². The minimum absolute atomic E-state index is 0.403. The molecule has 0 bridgehead atoms. The lowest BCUT2D eigenvalue weighted by Crippen LogP contribution is -2.38. The number of imidazole rings is 1. The van der Waals surface area contributed by atoms with E-state index in [0.717, 1.165) is 23.1 Å². The SMILES string of the molecule is c1ccc2c(c1)nc([C@@H]1CSCN1)n2C1CCN(CC2CCCCCCC2)CC1. The molecule has 0 radical (unpaired) electrons. The van der Waals surface area contributed by atoms with Gasteiger partial charge in [-0.2, -0.15) is 0 Å². The van der Waals surface area contributed by atoms with Gasteiger partial charge in [-0.3, -0.25) is 5.32 Å². The van der Waals surface area contributed by atoms with Gasteiger partial charge in [-0.1, -0.05) is 44.2 Å². The summed E-state index contributed by atoms with van der Waals surface area (Å²) >= 11 is 1.99. The molecule has 5 rings (SSSR count). The van der Waals surface area contributed by atoms with Crippen molar-refractivity contribution in [1.29, 1.82) is 0 Å². The van der Waals surface area contributed by atoms with Crippen LogP contribution in [-0.4, -0.2) is 45.7 Å². The molecule has 1 atom stereocenters. The van der Waals surface area contributed by atoms with Crippen LogP contribution in [0.4, 0.5) is 0 Å². The highest BCUT2D eigenvalue weighted by Crippen LogP contribution is 2.34. The molecule has 1 aliphatic carbocycles. The van der Waals surface area contributed by atoms with Crippen LogP contribution in [-0.2, 0) is 0 Å². The summed E-state index contributed by atoms with van der Waals surface area (Å²) < 4.78 is 2.60. The molecule has 1 aromatic heterocycles. The highest BCUT2D eigenvalue weighted by atomic mass is 32.2. The van der Waals surface area contributed by atoms with Crippen LogP contribution in [0.25, 0.3) is 11.0 Å². The predicted octanol–water partition coefficient (Wildman–Crippen LogP) is 5.37. The van der Waals surface area contributed by atoms with E-state index in [4.69, 9.17) is 4.98 Å². The number of para-hydroxylation sites is 2. The molecule has 5 heteroatoms. The third-order valence-electron chi connectivity index (χ3n) is 7.31. The average molecular weight is 413 g/mol. The number of benzene rings is 1. The summed E-state index contributed by atoms with van der Waals surface area (Å²) in [7, 11) is 0. The first-order valence-electron chi connectivity index (χ1n) is 11.9. The molecule has 1 aromatic carbocycles. The topological polar surface area (TPSA) is 33.1 Å². The lowest BCUT2D eigenvalue weighted by atomic mass is 9.90. The molecule has 3 fully saturated rings. The van der Waals surface area contributed by atoms with Gasteiger partial charge in [0.25, 0.3) is 0 Å². The molecule has 0 spiro atoms. The molecule has 29 heavy (non-hydrogen) atoms. The fraction of sp³-hybridized carbons (Fsp3) is 0.708. The van der Waals surface area contributed by atoms with Gasteiger partial charge in [-0.15, -0.1) is 11.8 Å². The van der Waals surface area contributed by atoms with Gasteiger partial charge in [0.15, 0.2) is 0 Å². The van der Waals surface area contributed by atoms with Gasteiger partial charge < -0.3 is 9.47 Å². The van der Waals surface area contributed by atoms with Gasteiger partial charge in [-0.05, 0) is 43.7 Å². The Bertz CT molecular complexity index is 781. The van der Waals surface area contributed by atoms with Crippen molar-refractivity contribution in [3.8, 4) is 0 Å². The van der Waals surface area contributed by atoms with Crippen molar-refractivity contribution < 1.29 is 0 Å². The van der Waals surface area contributed by atoms with E-state index in [1.54, 1.807) is 0 Å². The molecule has 4 nitrogen and oxygen atoms in total. The van der Waals surface area contributed by atoms with E-state index in [2.05, 4.69) is 39.0 Å².